The summed E-state index contributed by atoms with van der Waals surface area (Å²) in [5.41, 5.74) is 1.00. The number of benzene rings is 1. The number of amides is 1. The summed E-state index contributed by atoms with van der Waals surface area (Å²) in [6.07, 6.45) is 5.83. The molecule has 1 heterocycles. The van der Waals surface area contributed by atoms with Crippen molar-refractivity contribution in [1.29, 1.82) is 0 Å². The standard InChI is InChI=1S/C21H34N2O2/c1-21(2,3)23(16-13-19-11-7-6-8-12-19)20(24)25-18-17-22-14-9-4-5-10-15-22/h6-8,11-12H,4-5,9-10,13-18H2,1-3H3. The molecule has 140 valence electrons. The summed E-state index contributed by atoms with van der Waals surface area (Å²) in [4.78, 5) is 16.9. The van der Waals surface area contributed by atoms with Crippen molar-refractivity contribution < 1.29 is 9.53 Å². The number of carbonyl (C=O) groups is 1. The zero-order valence-electron chi connectivity index (χ0n) is 16.2. The van der Waals surface area contributed by atoms with Crippen LogP contribution in [0.3, 0.4) is 0 Å². The van der Waals surface area contributed by atoms with Gasteiger partial charge in [0.05, 0.1) is 0 Å². The first kappa shape index (κ1) is 19.8. The maximum atomic E-state index is 12.6. The molecule has 0 atom stereocenters. The van der Waals surface area contributed by atoms with E-state index in [1.807, 2.05) is 23.1 Å². The van der Waals surface area contributed by atoms with E-state index >= 15 is 0 Å². The lowest BCUT2D eigenvalue weighted by Crippen LogP contribution is -2.47. The largest absolute Gasteiger partial charge is 0.448 e. The second kappa shape index (κ2) is 9.81. The van der Waals surface area contributed by atoms with Gasteiger partial charge in [-0.25, -0.2) is 4.79 Å². The molecule has 1 aliphatic heterocycles. The Morgan fingerprint density at radius 3 is 2.32 bits per heavy atom. The van der Waals surface area contributed by atoms with Gasteiger partial charge in [-0.1, -0.05) is 43.2 Å². The third kappa shape index (κ3) is 7.07. The minimum absolute atomic E-state index is 0.196. The normalized spacial score (nSPS) is 16.3. The molecule has 0 aliphatic carbocycles. The molecule has 4 nitrogen and oxygen atoms in total. The molecule has 1 amide bonds. The average molecular weight is 347 g/mol. The molecule has 1 aromatic rings. The molecule has 2 rings (SSSR count). The second-order valence-electron chi connectivity index (χ2n) is 7.93. The molecule has 1 saturated heterocycles. The van der Waals surface area contributed by atoms with E-state index in [-0.39, 0.29) is 11.6 Å². The Morgan fingerprint density at radius 2 is 1.72 bits per heavy atom. The first-order valence-electron chi connectivity index (χ1n) is 9.67. The van der Waals surface area contributed by atoms with Crippen LogP contribution in [0, 0.1) is 0 Å². The lowest BCUT2D eigenvalue weighted by Gasteiger charge is -2.35. The van der Waals surface area contributed by atoms with Crippen molar-refractivity contribution in [2.75, 3.05) is 32.8 Å². The second-order valence-corrected chi connectivity index (χ2v) is 7.93. The molecule has 0 bridgehead atoms. The molecule has 1 aliphatic rings. The Hall–Kier alpha value is -1.55. The van der Waals surface area contributed by atoms with E-state index in [1.165, 1.54) is 31.2 Å². The summed E-state index contributed by atoms with van der Waals surface area (Å²) < 4.78 is 5.61. The summed E-state index contributed by atoms with van der Waals surface area (Å²) in [5.74, 6) is 0. The van der Waals surface area contributed by atoms with Gasteiger partial charge in [0.15, 0.2) is 0 Å². The lowest BCUT2D eigenvalue weighted by molar-refractivity contribution is 0.0610. The first-order chi connectivity index (χ1) is 12.0. The van der Waals surface area contributed by atoms with Gasteiger partial charge in [-0.05, 0) is 58.7 Å². The van der Waals surface area contributed by atoms with E-state index in [2.05, 4.69) is 37.8 Å². The van der Waals surface area contributed by atoms with E-state index in [0.717, 1.165) is 26.1 Å². The molecule has 0 unspecified atom stereocenters. The Kier molecular flexibility index (Phi) is 7.76. The zero-order chi connectivity index (χ0) is 18.1. The molecule has 25 heavy (non-hydrogen) atoms. The van der Waals surface area contributed by atoms with Crippen LogP contribution >= 0.6 is 0 Å². The van der Waals surface area contributed by atoms with Crippen LogP contribution in [0.15, 0.2) is 30.3 Å². The summed E-state index contributed by atoms with van der Waals surface area (Å²) in [6.45, 7) is 10.5. The van der Waals surface area contributed by atoms with Crippen LogP contribution < -0.4 is 0 Å². The number of rotatable bonds is 6. The third-order valence-corrected chi connectivity index (χ3v) is 4.83. The molecule has 0 radical (unpaired) electrons. The Balaban J connectivity index is 1.81. The van der Waals surface area contributed by atoms with Crippen LogP contribution in [0.5, 0.6) is 0 Å². The zero-order valence-corrected chi connectivity index (χ0v) is 16.2. The minimum Gasteiger partial charge on any atom is -0.448 e. The number of hydrogen-bond acceptors (Lipinski definition) is 3. The van der Waals surface area contributed by atoms with Crippen molar-refractivity contribution in [1.82, 2.24) is 9.80 Å². The van der Waals surface area contributed by atoms with Crippen molar-refractivity contribution in [2.45, 2.75) is 58.4 Å². The number of likely N-dealkylation sites (tertiary alicyclic amines) is 1. The van der Waals surface area contributed by atoms with E-state index in [9.17, 15) is 4.79 Å². The summed E-state index contributed by atoms with van der Waals surface area (Å²) in [5, 5.41) is 0. The maximum absolute atomic E-state index is 12.6. The fourth-order valence-corrected chi connectivity index (χ4v) is 3.29. The predicted octanol–water partition coefficient (Wildman–Crippen LogP) is 4.34. The monoisotopic (exact) mass is 346 g/mol. The van der Waals surface area contributed by atoms with E-state index in [0.29, 0.717) is 13.2 Å². The molecule has 0 saturated carbocycles. The smallest absolute Gasteiger partial charge is 0.410 e. The fraction of sp³-hybridized carbons (Fsp3) is 0.667. The van der Waals surface area contributed by atoms with Crippen molar-refractivity contribution in [3.63, 3.8) is 0 Å². The average Bonchev–Trinajstić information content (AvgIpc) is 2.83. The van der Waals surface area contributed by atoms with E-state index in [1.54, 1.807) is 0 Å². The van der Waals surface area contributed by atoms with Gasteiger partial charge >= 0.3 is 6.09 Å². The van der Waals surface area contributed by atoms with Gasteiger partial charge in [0.25, 0.3) is 0 Å². The molecule has 0 N–H and O–H groups in total. The van der Waals surface area contributed by atoms with Gasteiger partial charge in [-0.3, -0.25) is 4.90 Å². The van der Waals surface area contributed by atoms with Gasteiger partial charge in [0.2, 0.25) is 0 Å². The minimum atomic E-state index is -0.242. The highest BCUT2D eigenvalue weighted by Gasteiger charge is 2.27. The van der Waals surface area contributed by atoms with Gasteiger partial charge < -0.3 is 9.64 Å². The Labute approximate surface area is 153 Å². The quantitative estimate of drug-likeness (QED) is 0.768. The van der Waals surface area contributed by atoms with Crippen molar-refractivity contribution >= 4 is 6.09 Å². The molecule has 1 fully saturated rings. The number of carbonyl (C=O) groups excluding carboxylic acids is 1. The number of hydrogen-bond donors (Lipinski definition) is 0. The van der Waals surface area contributed by atoms with Gasteiger partial charge in [0, 0.05) is 18.6 Å². The van der Waals surface area contributed by atoms with Crippen molar-refractivity contribution in [3.8, 4) is 0 Å². The highest BCUT2D eigenvalue weighted by molar-refractivity contribution is 5.68. The SMILES string of the molecule is CC(C)(C)N(CCc1ccccc1)C(=O)OCCN1CCCCCC1. The maximum Gasteiger partial charge on any atom is 0.410 e. The lowest BCUT2D eigenvalue weighted by atomic mass is 10.1. The van der Waals surface area contributed by atoms with Crippen LogP contribution in [0.25, 0.3) is 0 Å². The number of ether oxygens (including phenoxy) is 1. The summed E-state index contributed by atoms with van der Waals surface area (Å²) in [7, 11) is 0. The Bertz CT molecular complexity index is 502. The molecule has 0 aromatic heterocycles. The van der Waals surface area contributed by atoms with Crippen LogP contribution in [0.1, 0.15) is 52.0 Å². The molecule has 0 spiro atoms. The summed E-state index contributed by atoms with van der Waals surface area (Å²) in [6, 6.07) is 10.3. The van der Waals surface area contributed by atoms with Crippen LogP contribution in [0.2, 0.25) is 0 Å². The predicted molar refractivity (Wildman–Crippen MR) is 103 cm³/mol. The Morgan fingerprint density at radius 1 is 1.08 bits per heavy atom. The van der Waals surface area contributed by atoms with Crippen LogP contribution in [0.4, 0.5) is 4.79 Å². The summed E-state index contributed by atoms with van der Waals surface area (Å²) >= 11 is 0. The topological polar surface area (TPSA) is 32.8 Å². The van der Waals surface area contributed by atoms with Gasteiger partial charge in [-0.15, -0.1) is 0 Å². The van der Waals surface area contributed by atoms with E-state index < -0.39 is 0 Å². The van der Waals surface area contributed by atoms with Gasteiger partial charge in [0.1, 0.15) is 6.61 Å². The van der Waals surface area contributed by atoms with Crippen molar-refractivity contribution in [3.05, 3.63) is 35.9 Å². The molecule has 1 aromatic carbocycles. The highest BCUT2D eigenvalue weighted by Crippen LogP contribution is 2.16. The van der Waals surface area contributed by atoms with Crippen molar-refractivity contribution in [2.24, 2.45) is 0 Å². The first-order valence-corrected chi connectivity index (χ1v) is 9.67. The molecular formula is C21H34N2O2. The molecular weight excluding hydrogens is 312 g/mol. The fourth-order valence-electron chi connectivity index (χ4n) is 3.29. The van der Waals surface area contributed by atoms with E-state index in [4.69, 9.17) is 4.74 Å². The molecule has 4 heteroatoms. The third-order valence-electron chi connectivity index (χ3n) is 4.83. The highest BCUT2D eigenvalue weighted by atomic mass is 16.6. The van der Waals surface area contributed by atoms with Crippen LogP contribution in [-0.4, -0.2) is 54.2 Å². The number of nitrogens with zero attached hydrogens (tertiary/aromatic N) is 2. The van der Waals surface area contributed by atoms with Gasteiger partial charge in [-0.2, -0.15) is 0 Å². The van der Waals surface area contributed by atoms with Crippen LogP contribution in [-0.2, 0) is 11.2 Å².